The molecule has 206 valence electrons. The van der Waals surface area contributed by atoms with E-state index in [9.17, 15) is 36.0 Å². The molecule has 0 bridgehead atoms. The largest absolute Gasteiger partial charge is 0.471 e. The first kappa shape index (κ1) is 29.1. The Hall–Kier alpha value is -3.45. The summed E-state index contributed by atoms with van der Waals surface area (Å²) in [4.78, 5) is 37.5. The van der Waals surface area contributed by atoms with Gasteiger partial charge in [0.2, 0.25) is 15.9 Å². The number of esters is 1. The van der Waals surface area contributed by atoms with Crippen LogP contribution in [-0.4, -0.2) is 69.5 Å². The van der Waals surface area contributed by atoms with Gasteiger partial charge < -0.3 is 15.0 Å². The maximum atomic E-state index is 13.2. The standard InChI is InChI=1S/C25H28F3N3O6S/c1-16-6-12-19(13-7-16)38(35,36)31-14-4-5-21(31)22(32)29-20(23(33)37-3)15-17-8-10-18(11-9-17)30(2)24(34)25(26,27)28/h6-13,20-21H,4-5,14-15H2,1-3H3,(H,29,32)/t20-,21-/m0/s1. The molecule has 1 fully saturated rings. The number of alkyl halides is 3. The monoisotopic (exact) mass is 555 g/mol. The molecule has 9 nitrogen and oxygen atoms in total. The number of amides is 2. The molecular weight excluding hydrogens is 527 g/mol. The van der Waals surface area contributed by atoms with Crippen molar-refractivity contribution in [1.82, 2.24) is 9.62 Å². The molecule has 1 saturated heterocycles. The van der Waals surface area contributed by atoms with Crippen molar-refractivity contribution in [2.24, 2.45) is 0 Å². The highest BCUT2D eigenvalue weighted by Crippen LogP contribution is 2.27. The predicted molar refractivity (Wildman–Crippen MR) is 132 cm³/mol. The lowest BCUT2D eigenvalue weighted by atomic mass is 10.0. The van der Waals surface area contributed by atoms with Gasteiger partial charge in [-0.05, 0) is 49.6 Å². The first-order valence-corrected chi connectivity index (χ1v) is 13.1. The number of aryl methyl sites for hydroxylation is 1. The number of halogens is 3. The average molecular weight is 556 g/mol. The SMILES string of the molecule is COC(=O)[C@H](Cc1ccc(N(C)C(=O)C(F)(F)F)cc1)NC(=O)[C@@H]1CCCN1S(=O)(=O)c1ccc(C)cc1. The lowest BCUT2D eigenvalue weighted by Crippen LogP contribution is -2.51. The Morgan fingerprint density at radius 3 is 2.26 bits per heavy atom. The fraction of sp³-hybridized carbons (Fsp3) is 0.400. The molecule has 3 rings (SSSR count). The molecule has 2 atom stereocenters. The molecule has 2 aromatic carbocycles. The fourth-order valence-electron chi connectivity index (χ4n) is 4.14. The van der Waals surface area contributed by atoms with E-state index < -0.39 is 46.1 Å². The quantitative estimate of drug-likeness (QED) is 0.501. The molecule has 0 aliphatic carbocycles. The minimum Gasteiger partial charge on any atom is -0.467 e. The van der Waals surface area contributed by atoms with Crippen molar-refractivity contribution in [1.29, 1.82) is 0 Å². The van der Waals surface area contributed by atoms with Crippen molar-refractivity contribution in [2.45, 2.75) is 49.3 Å². The highest BCUT2D eigenvalue weighted by atomic mass is 32.2. The third-order valence-corrected chi connectivity index (χ3v) is 8.17. The normalized spacial score (nSPS) is 17.1. The number of benzene rings is 2. The maximum Gasteiger partial charge on any atom is 0.471 e. The summed E-state index contributed by atoms with van der Waals surface area (Å²) in [6, 6.07) is 9.44. The number of anilines is 1. The minimum atomic E-state index is -5.03. The van der Waals surface area contributed by atoms with Crippen molar-refractivity contribution in [3.63, 3.8) is 0 Å². The van der Waals surface area contributed by atoms with Crippen molar-refractivity contribution in [3.8, 4) is 0 Å². The number of nitrogens with one attached hydrogen (secondary N) is 1. The van der Waals surface area contributed by atoms with Gasteiger partial charge in [0.05, 0.1) is 12.0 Å². The first-order valence-electron chi connectivity index (χ1n) is 11.7. The summed E-state index contributed by atoms with van der Waals surface area (Å²) in [5, 5.41) is 2.56. The lowest BCUT2D eigenvalue weighted by Gasteiger charge is -2.25. The first-order chi connectivity index (χ1) is 17.8. The van der Waals surface area contributed by atoms with E-state index in [1.54, 1.807) is 12.1 Å². The number of hydrogen-bond donors (Lipinski definition) is 1. The molecule has 0 radical (unpaired) electrons. The summed E-state index contributed by atoms with van der Waals surface area (Å²) in [5.74, 6) is -3.48. The van der Waals surface area contributed by atoms with E-state index in [0.717, 1.165) is 24.0 Å². The van der Waals surface area contributed by atoms with E-state index >= 15 is 0 Å². The van der Waals surface area contributed by atoms with Gasteiger partial charge in [-0.1, -0.05) is 29.8 Å². The molecule has 1 N–H and O–H groups in total. The van der Waals surface area contributed by atoms with Crippen LogP contribution in [0, 0.1) is 6.92 Å². The second-order valence-corrected chi connectivity index (χ2v) is 10.8. The van der Waals surface area contributed by atoms with Crippen LogP contribution >= 0.6 is 0 Å². The summed E-state index contributed by atoms with van der Waals surface area (Å²) in [7, 11) is -1.84. The summed E-state index contributed by atoms with van der Waals surface area (Å²) in [6.45, 7) is 1.96. The van der Waals surface area contributed by atoms with Crippen LogP contribution in [0.2, 0.25) is 0 Å². The molecule has 13 heteroatoms. The zero-order chi connectivity index (χ0) is 28.3. The number of hydrogen-bond acceptors (Lipinski definition) is 6. The van der Waals surface area contributed by atoms with E-state index in [1.807, 2.05) is 6.92 Å². The van der Waals surface area contributed by atoms with Crippen molar-refractivity contribution in [2.75, 3.05) is 25.6 Å². The fourth-order valence-corrected chi connectivity index (χ4v) is 5.79. The molecule has 1 heterocycles. The Morgan fingerprint density at radius 1 is 1.11 bits per heavy atom. The van der Waals surface area contributed by atoms with Crippen LogP contribution < -0.4 is 10.2 Å². The van der Waals surface area contributed by atoms with Gasteiger partial charge in [-0.15, -0.1) is 0 Å². The van der Waals surface area contributed by atoms with Crippen LogP contribution in [0.1, 0.15) is 24.0 Å². The van der Waals surface area contributed by atoms with Gasteiger partial charge in [-0.2, -0.15) is 17.5 Å². The van der Waals surface area contributed by atoms with E-state index in [0.29, 0.717) is 16.9 Å². The number of carbonyl (C=O) groups excluding carboxylic acids is 3. The van der Waals surface area contributed by atoms with E-state index in [-0.39, 0.29) is 30.0 Å². The Morgan fingerprint density at radius 2 is 1.71 bits per heavy atom. The Balaban J connectivity index is 1.75. The number of sulfonamides is 1. The number of rotatable bonds is 8. The van der Waals surface area contributed by atoms with Crippen molar-refractivity contribution in [3.05, 3.63) is 59.7 Å². The van der Waals surface area contributed by atoms with Crippen LogP contribution in [0.3, 0.4) is 0 Å². The molecule has 0 unspecified atom stereocenters. The number of nitrogens with zero attached hydrogens (tertiary/aromatic N) is 2. The van der Waals surface area contributed by atoms with E-state index in [1.165, 1.54) is 36.4 Å². The predicted octanol–water partition coefficient (Wildman–Crippen LogP) is 2.57. The topological polar surface area (TPSA) is 113 Å². The lowest BCUT2D eigenvalue weighted by molar-refractivity contribution is -0.170. The van der Waals surface area contributed by atoms with Crippen molar-refractivity contribution >= 4 is 33.5 Å². The van der Waals surface area contributed by atoms with Gasteiger partial charge in [0.1, 0.15) is 12.1 Å². The average Bonchev–Trinajstić information content (AvgIpc) is 3.38. The summed E-state index contributed by atoms with van der Waals surface area (Å²) in [5.41, 5.74) is 1.33. The smallest absolute Gasteiger partial charge is 0.467 e. The number of ether oxygens (including phenoxy) is 1. The molecule has 0 aromatic heterocycles. The number of carbonyl (C=O) groups is 3. The zero-order valence-corrected chi connectivity index (χ0v) is 21.8. The summed E-state index contributed by atoms with van der Waals surface area (Å²) in [6.07, 6.45) is -4.39. The summed E-state index contributed by atoms with van der Waals surface area (Å²) >= 11 is 0. The van der Waals surface area contributed by atoms with Gasteiger partial charge in [0, 0.05) is 25.7 Å². The van der Waals surface area contributed by atoms with E-state index in [2.05, 4.69) is 5.32 Å². The molecule has 38 heavy (non-hydrogen) atoms. The molecular formula is C25H28F3N3O6S. The molecule has 2 aromatic rings. The van der Waals surface area contributed by atoms with Crippen LogP contribution in [0.25, 0.3) is 0 Å². The van der Waals surface area contributed by atoms with Gasteiger partial charge in [0.25, 0.3) is 0 Å². The highest BCUT2D eigenvalue weighted by Gasteiger charge is 2.42. The molecule has 1 aliphatic heterocycles. The number of methoxy groups -OCH3 is 1. The van der Waals surface area contributed by atoms with Gasteiger partial charge >= 0.3 is 18.1 Å². The van der Waals surface area contributed by atoms with Gasteiger partial charge in [-0.3, -0.25) is 9.59 Å². The highest BCUT2D eigenvalue weighted by molar-refractivity contribution is 7.89. The second kappa shape index (κ2) is 11.5. The van der Waals surface area contributed by atoms with E-state index in [4.69, 9.17) is 4.74 Å². The molecule has 0 saturated carbocycles. The second-order valence-electron chi connectivity index (χ2n) is 8.90. The van der Waals surface area contributed by atoms with Gasteiger partial charge in [-0.25, -0.2) is 13.2 Å². The van der Waals surface area contributed by atoms with Crippen LogP contribution in [0.5, 0.6) is 0 Å². The van der Waals surface area contributed by atoms with Crippen LogP contribution in [-0.2, 0) is 35.6 Å². The Labute approximate surface area is 218 Å². The van der Waals surface area contributed by atoms with Crippen LogP contribution in [0.4, 0.5) is 18.9 Å². The van der Waals surface area contributed by atoms with Crippen LogP contribution in [0.15, 0.2) is 53.4 Å². The Bertz CT molecular complexity index is 1280. The molecule has 2 amide bonds. The third-order valence-electron chi connectivity index (χ3n) is 6.25. The maximum absolute atomic E-state index is 13.2. The zero-order valence-electron chi connectivity index (χ0n) is 21.0. The Kier molecular flexibility index (Phi) is 8.82. The molecule has 0 spiro atoms. The third kappa shape index (κ3) is 6.51. The minimum absolute atomic E-state index is 0.0161. The van der Waals surface area contributed by atoms with Gasteiger partial charge in [0.15, 0.2) is 0 Å². The summed E-state index contributed by atoms with van der Waals surface area (Å²) < 4.78 is 70.4. The molecule has 1 aliphatic rings. The van der Waals surface area contributed by atoms with Crippen molar-refractivity contribution < 1.29 is 40.7 Å².